The van der Waals surface area contributed by atoms with E-state index < -0.39 is 5.60 Å². The minimum Gasteiger partial charge on any atom is -0.444 e. The molecule has 2 rings (SSSR count). The number of carbonyl (C=O) groups is 1. The molecule has 0 bridgehead atoms. The molecular weight excluding hydrogens is 242 g/mol. The second kappa shape index (κ2) is 6.09. The molecular formula is C14H27N3O2. The molecule has 1 unspecified atom stereocenters. The van der Waals surface area contributed by atoms with E-state index in [9.17, 15) is 4.79 Å². The first-order valence-electron chi connectivity index (χ1n) is 7.38. The van der Waals surface area contributed by atoms with Gasteiger partial charge < -0.3 is 15.4 Å². The largest absolute Gasteiger partial charge is 0.444 e. The number of nitrogens with one attached hydrogen (secondary N) is 2. The molecule has 0 aromatic carbocycles. The molecule has 1 amide bonds. The maximum absolute atomic E-state index is 11.7. The van der Waals surface area contributed by atoms with Gasteiger partial charge >= 0.3 is 6.09 Å². The number of piperidine rings is 1. The Morgan fingerprint density at radius 1 is 1.26 bits per heavy atom. The average molecular weight is 269 g/mol. The lowest BCUT2D eigenvalue weighted by Gasteiger charge is -2.31. The Morgan fingerprint density at radius 2 is 1.95 bits per heavy atom. The van der Waals surface area contributed by atoms with Crippen molar-refractivity contribution in [1.82, 2.24) is 15.5 Å². The van der Waals surface area contributed by atoms with E-state index in [0.29, 0.717) is 6.04 Å². The number of carbonyl (C=O) groups excluding carboxylic acids is 1. The highest BCUT2D eigenvalue weighted by Gasteiger charge is 2.30. The van der Waals surface area contributed by atoms with Crippen LogP contribution in [0.25, 0.3) is 0 Å². The number of hydrogen-bond acceptors (Lipinski definition) is 4. The van der Waals surface area contributed by atoms with Crippen molar-refractivity contribution >= 4 is 6.09 Å². The monoisotopic (exact) mass is 269 g/mol. The summed E-state index contributed by atoms with van der Waals surface area (Å²) in [4.78, 5) is 14.3. The zero-order chi connectivity index (χ0) is 13.9. The Bertz CT molecular complexity index is 308. The average Bonchev–Trinajstić information content (AvgIpc) is 2.76. The fourth-order valence-electron chi connectivity index (χ4n) is 2.88. The molecule has 19 heavy (non-hydrogen) atoms. The standard InChI is InChI=1S/C14H27N3O2/c1-14(2,3)19-13(18)16-11-6-9-17(10-11)12-4-7-15-8-5-12/h11-12,15H,4-10H2,1-3H3,(H,16,18). The molecule has 0 saturated carbocycles. The summed E-state index contributed by atoms with van der Waals surface area (Å²) in [5.74, 6) is 0. The lowest BCUT2D eigenvalue weighted by atomic mass is 10.1. The second-order valence-electron chi connectivity index (χ2n) is 6.61. The van der Waals surface area contributed by atoms with E-state index in [2.05, 4.69) is 15.5 Å². The fraction of sp³-hybridized carbons (Fsp3) is 0.929. The van der Waals surface area contributed by atoms with Gasteiger partial charge in [0.25, 0.3) is 0 Å². The number of nitrogens with zero attached hydrogens (tertiary/aromatic N) is 1. The van der Waals surface area contributed by atoms with Crippen LogP contribution in [-0.2, 0) is 4.74 Å². The molecule has 110 valence electrons. The molecule has 0 radical (unpaired) electrons. The van der Waals surface area contributed by atoms with Crippen molar-refractivity contribution in [3.05, 3.63) is 0 Å². The summed E-state index contributed by atoms with van der Waals surface area (Å²) in [5, 5.41) is 6.38. The number of hydrogen-bond donors (Lipinski definition) is 2. The highest BCUT2D eigenvalue weighted by atomic mass is 16.6. The van der Waals surface area contributed by atoms with Gasteiger partial charge in [-0.2, -0.15) is 0 Å². The molecule has 0 aromatic rings. The third-order valence-electron chi connectivity index (χ3n) is 3.77. The Labute approximate surface area is 116 Å². The van der Waals surface area contributed by atoms with Crippen molar-refractivity contribution in [3.63, 3.8) is 0 Å². The molecule has 2 fully saturated rings. The molecule has 2 N–H and O–H groups in total. The summed E-state index contributed by atoms with van der Waals surface area (Å²) in [6.07, 6.45) is 3.19. The van der Waals surface area contributed by atoms with E-state index in [-0.39, 0.29) is 12.1 Å². The highest BCUT2D eigenvalue weighted by molar-refractivity contribution is 5.68. The van der Waals surface area contributed by atoms with E-state index in [4.69, 9.17) is 4.74 Å². The van der Waals surface area contributed by atoms with Gasteiger partial charge in [0, 0.05) is 25.2 Å². The summed E-state index contributed by atoms with van der Waals surface area (Å²) in [6, 6.07) is 0.927. The highest BCUT2D eigenvalue weighted by Crippen LogP contribution is 2.19. The number of rotatable bonds is 2. The molecule has 5 nitrogen and oxygen atoms in total. The van der Waals surface area contributed by atoms with E-state index in [0.717, 1.165) is 32.6 Å². The van der Waals surface area contributed by atoms with Crippen molar-refractivity contribution in [2.24, 2.45) is 0 Å². The van der Waals surface area contributed by atoms with Gasteiger partial charge in [0.2, 0.25) is 0 Å². The molecule has 2 aliphatic heterocycles. The quantitative estimate of drug-likeness (QED) is 0.794. The van der Waals surface area contributed by atoms with Gasteiger partial charge in [0.15, 0.2) is 0 Å². The first-order valence-corrected chi connectivity index (χ1v) is 7.38. The van der Waals surface area contributed by atoms with Crippen molar-refractivity contribution in [2.45, 2.75) is 57.7 Å². The van der Waals surface area contributed by atoms with E-state index in [1.54, 1.807) is 0 Å². The zero-order valence-corrected chi connectivity index (χ0v) is 12.4. The first-order chi connectivity index (χ1) is 8.94. The number of amides is 1. The number of ether oxygens (including phenoxy) is 1. The molecule has 2 saturated heterocycles. The Morgan fingerprint density at radius 3 is 2.58 bits per heavy atom. The summed E-state index contributed by atoms with van der Waals surface area (Å²) in [6.45, 7) is 9.96. The smallest absolute Gasteiger partial charge is 0.407 e. The lowest BCUT2D eigenvalue weighted by molar-refractivity contribution is 0.0503. The predicted molar refractivity (Wildman–Crippen MR) is 75.2 cm³/mol. The molecule has 0 spiro atoms. The third kappa shape index (κ3) is 4.66. The van der Waals surface area contributed by atoms with Gasteiger partial charge in [-0.05, 0) is 53.1 Å². The Balaban J connectivity index is 1.74. The van der Waals surface area contributed by atoms with Gasteiger partial charge in [-0.1, -0.05) is 0 Å². The van der Waals surface area contributed by atoms with Gasteiger partial charge in [-0.3, -0.25) is 4.90 Å². The Kier molecular flexibility index (Phi) is 4.68. The Hall–Kier alpha value is -0.810. The SMILES string of the molecule is CC(C)(C)OC(=O)NC1CCN(C2CCNCC2)C1. The van der Waals surface area contributed by atoms with Crippen molar-refractivity contribution in [1.29, 1.82) is 0 Å². The fourth-order valence-corrected chi connectivity index (χ4v) is 2.88. The lowest BCUT2D eigenvalue weighted by Crippen LogP contribution is -2.45. The van der Waals surface area contributed by atoms with Crippen LogP contribution in [0.3, 0.4) is 0 Å². The molecule has 0 aromatic heterocycles. The van der Waals surface area contributed by atoms with Crippen LogP contribution in [0.5, 0.6) is 0 Å². The normalized spacial score (nSPS) is 26.4. The van der Waals surface area contributed by atoms with Gasteiger partial charge in [-0.25, -0.2) is 4.79 Å². The molecule has 5 heteroatoms. The summed E-state index contributed by atoms with van der Waals surface area (Å²) >= 11 is 0. The molecule has 0 aliphatic carbocycles. The second-order valence-corrected chi connectivity index (χ2v) is 6.61. The van der Waals surface area contributed by atoms with Crippen LogP contribution >= 0.6 is 0 Å². The van der Waals surface area contributed by atoms with Crippen LogP contribution in [0.15, 0.2) is 0 Å². The van der Waals surface area contributed by atoms with Crippen molar-refractivity contribution < 1.29 is 9.53 Å². The maximum Gasteiger partial charge on any atom is 0.407 e. The van der Waals surface area contributed by atoms with Crippen LogP contribution in [0.2, 0.25) is 0 Å². The minimum absolute atomic E-state index is 0.240. The molecule has 2 heterocycles. The molecule has 1 atom stereocenters. The van der Waals surface area contributed by atoms with E-state index in [1.807, 2.05) is 20.8 Å². The number of alkyl carbamates (subject to hydrolysis) is 1. The topological polar surface area (TPSA) is 53.6 Å². The van der Waals surface area contributed by atoms with Crippen LogP contribution < -0.4 is 10.6 Å². The maximum atomic E-state index is 11.7. The summed E-state index contributed by atoms with van der Waals surface area (Å²) in [5.41, 5.74) is -0.419. The van der Waals surface area contributed by atoms with E-state index in [1.165, 1.54) is 12.8 Å². The van der Waals surface area contributed by atoms with Crippen molar-refractivity contribution in [2.75, 3.05) is 26.2 Å². The van der Waals surface area contributed by atoms with Crippen LogP contribution in [-0.4, -0.2) is 54.9 Å². The van der Waals surface area contributed by atoms with Crippen LogP contribution in [0, 0.1) is 0 Å². The molecule has 2 aliphatic rings. The minimum atomic E-state index is -0.419. The third-order valence-corrected chi connectivity index (χ3v) is 3.77. The summed E-state index contributed by atoms with van der Waals surface area (Å²) < 4.78 is 5.30. The van der Waals surface area contributed by atoms with Gasteiger partial charge in [0.1, 0.15) is 5.60 Å². The van der Waals surface area contributed by atoms with Crippen molar-refractivity contribution in [3.8, 4) is 0 Å². The zero-order valence-electron chi connectivity index (χ0n) is 12.4. The van der Waals surface area contributed by atoms with E-state index >= 15 is 0 Å². The summed E-state index contributed by atoms with van der Waals surface area (Å²) in [7, 11) is 0. The van der Waals surface area contributed by atoms with Crippen LogP contribution in [0.1, 0.15) is 40.0 Å². The predicted octanol–water partition coefficient (Wildman–Crippen LogP) is 1.34. The van der Waals surface area contributed by atoms with Crippen LogP contribution in [0.4, 0.5) is 4.79 Å². The first kappa shape index (κ1) is 14.6. The van der Waals surface area contributed by atoms with Gasteiger partial charge in [-0.15, -0.1) is 0 Å². The number of likely N-dealkylation sites (tertiary alicyclic amines) is 1. The van der Waals surface area contributed by atoms with Gasteiger partial charge in [0.05, 0.1) is 0 Å².